The number of ether oxygens (including phenoxy) is 2. The van der Waals surface area contributed by atoms with Gasteiger partial charge >= 0.3 is 6.09 Å². The largest absolute Gasteiger partial charge is 0.444 e. The quantitative estimate of drug-likeness (QED) is 0.243. The van der Waals surface area contributed by atoms with Gasteiger partial charge in [0.25, 0.3) is 11.8 Å². The molecule has 4 aromatic rings. The lowest BCUT2D eigenvalue weighted by Crippen LogP contribution is -2.51. The number of pyridine rings is 1. The first-order valence-corrected chi connectivity index (χ1v) is 14.8. The number of anilines is 1. The summed E-state index contributed by atoms with van der Waals surface area (Å²) in [5.74, 6) is 0.524. The minimum atomic E-state index is -0.569. The Labute approximate surface area is 265 Å². The first-order chi connectivity index (χ1) is 20.8. The van der Waals surface area contributed by atoms with Crippen LogP contribution in [0.15, 0.2) is 60.8 Å². The molecule has 1 aliphatic rings. The molecule has 3 heterocycles. The number of nitrogens with zero attached hydrogens (tertiary/aromatic N) is 5. The summed E-state index contributed by atoms with van der Waals surface area (Å²) in [4.78, 5) is 47.9. The summed E-state index contributed by atoms with van der Waals surface area (Å²) in [6, 6.07) is 15.5. The highest BCUT2D eigenvalue weighted by Gasteiger charge is 2.29. The molecule has 0 atom stereocenters. The molecule has 0 N–H and O–H groups in total. The van der Waals surface area contributed by atoms with Gasteiger partial charge in [-0.25, -0.2) is 9.78 Å². The van der Waals surface area contributed by atoms with Crippen LogP contribution in [-0.2, 0) is 11.8 Å². The van der Waals surface area contributed by atoms with Crippen LogP contribution >= 0.6 is 23.2 Å². The molecule has 3 amide bonds. The van der Waals surface area contributed by atoms with E-state index in [1.807, 2.05) is 56.7 Å². The molecule has 0 bridgehead atoms. The predicted octanol–water partition coefficient (Wildman–Crippen LogP) is 6.64. The number of hydrogen-bond acceptors (Lipinski definition) is 6. The summed E-state index contributed by atoms with van der Waals surface area (Å²) in [5.41, 5.74) is 1.77. The molecule has 10 nitrogen and oxygen atoms in total. The molecule has 0 radical (unpaired) electrons. The zero-order chi connectivity index (χ0) is 31.8. The van der Waals surface area contributed by atoms with Crippen LogP contribution in [0.2, 0.25) is 10.0 Å². The van der Waals surface area contributed by atoms with E-state index in [1.54, 1.807) is 47.3 Å². The molecule has 0 saturated carbocycles. The number of aryl methyl sites for hydroxylation is 1. The monoisotopic (exact) mass is 637 g/mol. The molecule has 12 heteroatoms. The number of carbonyl (C=O) groups is 3. The highest BCUT2D eigenvalue weighted by atomic mass is 35.5. The van der Waals surface area contributed by atoms with E-state index in [-0.39, 0.29) is 17.9 Å². The Bertz CT molecular complexity index is 1720. The Hall–Kier alpha value is -4.28. The fourth-order valence-corrected chi connectivity index (χ4v) is 5.15. The van der Waals surface area contributed by atoms with Crippen molar-refractivity contribution in [2.75, 3.05) is 38.1 Å². The Morgan fingerprint density at radius 1 is 0.886 bits per heavy atom. The first kappa shape index (κ1) is 31.2. The van der Waals surface area contributed by atoms with E-state index in [2.05, 4.69) is 4.98 Å². The Balaban J connectivity index is 1.24. The molecular formula is C32H33Cl2N5O5. The molecular weight excluding hydrogens is 605 g/mol. The maximum Gasteiger partial charge on any atom is 0.410 e. The number of amides is 3. The normalized spacial score (nSPS) is 13.6. The Morgan fingerprint density at radius 3 is 2.23 bits per heavy atom. The van der Waals surface area contributed by atoms with E-state index in [0.717, 1.165) is 10.9 Å². The lowest BCUT2D eigenvalue weighted by atomic mass is 10.2. The van der Waals surface area contributed by atoms with E-state index < -0.39 is 5.60 Å². The second kappa shape index (κ2) is 12.4. The van der Waals surface area contributed by atoms with Crippen molar-refractivity contribution < 1.29 is 23.9 Å². The van der Waals surface area contributed by atoms with Gasteiger partial charge < -0.3 is 28.7 Å². The van der Waals surface area contributed by atoms with Gasteiger partial charge in [-0.15, -0.1) is 0 Å². The van der Waals surface area contributed by atoms with Gasteiger partial charge in [-0.05, 0) is 63.2 Å². The van der Waals surface area contributed by atoms with Gasteiger partial charge in [-0.2, -0.15) is 0 Å². The van der Waals surface area contributed by atoms with Gasteiger partial charge in [0.15, 0.2) is 0 Å². The second-order valence-corrected chi connectivity index (χ2v) is 12.3. The Kier molecular flexibility index (Phi) is 8.76. The van der Waals surface area contributed by atoms with Crippen molar-refractivity contribution in [3.8, 4) is 11.6 Å². The summed E-state index contributed by atoms with van der Waals surface area (Å²) in [6.45, 7) is 7.16. The maximum atomic E-state index is 13.4. The highest BCUT2D eigenvalue weighted by molar-refractivity contribution is 6.42. The van der Waals surface area contributed by atoms with E-state index in [1.165, 1.54) is 11.0 Å². The first-order valence-electron chi connectivity index (χ1n) is 14.0. The lowest BCUT2D eigenvalue weighted by Gasteiger charge is -2.35. The molecule has 44 heavy (non-hydrogen) atoms. The SMILES string of the molecule is CN(C(=O)c1ccc(Cl)c(Cl)c1)c1ccc(Oc2ccc3cc(C(=O)N4CCN(C(=O)OC(C)(C)C)CC4)n(C)c3c2)nc1. The van der Waals surface area contributed by atoms with Gasteiger partial charge in [-0.3, -0.25) is 9.59 Å². The topological polar surface area (TPSA) is 97.2 Å². The van der Waals surface area contributed by atoms with Crippen LogP contribution in [-0.4, -0.2) is 76.1 Å². The number of hydrogen-bond donors (Lipinski definition) is 0. The summed E-state index contributed by atoms with van der Waals surface area (Å²) in [7, 11) is 3.48. The molecule has 1 saturated heterocycles. The molecule has 2 aromatic carbocycles. The van der Waals surface area contributed by atoms with E-state index in [4.69, 9.17) is 32.7 Å². The van der Waals surface area contributed by atoms with Crippen LogP contribution in [0.4, 0.5) is 10.5 Å². The van der Waals surface area contributed by atoms with Crippen LogP contribution in [0, 0.1) is 0 Å². The zero-order valence-electron chi connectivity index (χ0n) is 25.1. The maximum absolute atomic E-state index is 13.4. The van der Waals surface area contributed by atoms with Gasteiger partial charge in [0, 0.05) is 63.4 Å². The third-order valence-electron chi connectivity index (χ3n) is 7.26. The average molecular weight is 639 g/mol. The Morgan fingerprint density at radius 2 is 1.59 bits per heavy atom. The van der Waals surface area contributed by atoms with E-state index >= 15 is 0 Å². The van der Waals surface area contributed by atoms with Crippen molar-refractivity contribution in [3.63, 3.8) is 0 Å². The lowest BCUT2D eigenvalue weighted by molar-refractivity contribution is 0.0139. The number of aromatic nitrogens is 2. The number of benzene rings is 2. The van der Waals surface area contributed by atoms with Crippen molar-refractivity contribution >= 4 is 57.7 Å². The summed E-state index contributed by atoms with van der Waals surface area (Å²) in [6.07, 6.45) is 1.18. The van der Waals surface area contributed by atoms with Crippen LogP contribution in [0.3, 0.4) is 0 Å². The minimum absolute atomic E-state index is 0.105. The van der Waals surface area contributed by atoms with Crippen LogP contribution < -0.4 is 9.64 Å². The third-order valence-corrected chi connectivity index (χ3v) is 8.00. The van der Waals surface area contributed by atoms with Gasteiger partial charge in [-0.1, -0.05) is 23.2 Å². The second-order valence-electron chi connectivity index (χ2n) is 11.5. The molecule has 0 aliphatic carbocycles. The fraction of sp³-hybridized carbons (Fsp3) is 0.312. The molecule has 0 unspecified atom stereocenters. The molecule has 1 fully saturated rings. The number of carbonyl (C=O) groups excluding carboxylic acids is 3. The number of halogens is 2. The van der Waals surface area contributed by atoms with Crippen molar-refractivity contribution in [2.24, 2.45) is 7.05 Å². The fourth-order valence-electron chi connectivity index (χ4n) is 4.85. The van der Waals surface area contributed by atoms with E-state index in [9.17, 15) is 14.4 Å². The van der Waals surface area contributed by atoms with Gasteiger partial charge in [0.2, 0.25) is 5.88 Å². The van der Waals surface area contributed by atoms with Crippen molar-refractivity contribution in [2.45, 2.75) is 26.4 Å². The smallest absolute Gasteiger partial charge is 0.410 e. The minimum Gasteiger partial charge on any atom is -0.444 e. The van der Waals surface area contributed by atoms with Gasteiger partial charge in [0.1, 0.15) is 17.0 Å². The number of rotatable bonds is 5. The van der Waals surface area contributed by atoms with Crippen LogP contribution in [0.25, 0.3) is 10.9 Å². The number of fused-ring (bicyclic) bond motifs is 1. The summed E-state index contributed by atoms with van der Waals surface area (Å²) in [5, 5.41) is 1.57. The summed E-state index contributed by atoms with van der Waals surface area (Å²) >= 11 is 12.0. The summed E-state index contributed by atoms with van der Waals surface area (Å²) < 4.78 is 13.3. The highest BCUT2D eigenvalue weighted by Crippen LogP contribution is 2.29. The van der Waals surface area contributed by atoms with Crippen molar-refractivity contribution in [3.05, 3.63) is 82.1 Å². The number of piperazine rings is 1. The van der Waals surface area contributed by atoms with Crippen LogP contribution in [0.5, 0.6) is 11.6 Å². The molecule has 230 valence electrons. The van der Waals surface area contributed by atoms with Gasteiger partial charge in [0.05, 0.1) is 27.4 Å². The average Bonchev–Trinajstić information content (AvgIpc) is 3.32. The van der Waals surface area contributed by atoms with E-state index in [0.29, 0.717) is 64.8 Å². The molecule has 5 rings (SSSR count). The molecule has 1 aliphatic heterocycles. The predicted molar refractivity (Wildman–Crippen MR) is 170 cm³/mol. The van der Waals surface area contributed by atoms with Crippen LogP contribution in [0.1, 0.15) is 41.6 Å². The zero-order valence-corrected chi connectivity index (χ0v) is 26.6. The van der Waals surface area contributed by atoms with Crippen molar-refractivity contribution in [1.82, 2.24) is 19.4 Å². The van der Waals surface area contributed by atoms with Crippen molar-refractivity contribution in [1.29, 1.82) is 0 Å². The molecule has 0 spiro atoms. The third kappa shape index (κ3) is 6.76. The molecule has 2 aromatic heterocycles. The standard InChI is InChI=1S/C32H33Cl2N5O5/c1-32(2,3)44-31(42)39-14-12-38(13-15-39)30(41)27-17-20-6-9-23(18-26(20)37(27)5)43-28-11-8-22(19-35-28)36(4)29(40)21-7-10-24(33)25(34)16-21/h6-11,16-19H,12-15H2,1-5H3.